The number of piperazine rings is 1. The largest absolute Gasteiger partial charge is 0.353 e. The summed E-state index contributed by atoms with van der Waals surface area (Å²) < 4.78 is 0. The normalized spacial score (nSPS) is 20.8. The second-order valence-corrected chi connectivity index (χ2v) is 8.98. The lowest BCUT2D eigenvalue weighted by atomic mass is 9.87. The van der Waals surface area contributed by atoms with Gasteiger partial charge in [0.05, 0.1) is 12.5 Å². The number of carbonyl (C=O) groups excluding carboxylic acids is 2. The summed E-state index contributed by atoms with van der Waals surface area (Å²) in [4.78, 5) is 30.5. The number of carbonyl (C=O) groups is 2. The predicted molar refractivity (Wildman–Crippen MR) is 129 cm³/mol. The molecule has 2 aromatic rings. The SMILES string of the molecule is C=CCC1(CC=C)CCCN1C(=O)CC1C(=O)NCCN1Cc1cccc2ccccc12. The van der Waals surface area contributed by atoms with E-state index in [0.717, 1.165) is 38.8 Å². The molecule has 5 nitrogen and oxygen atoms in total. The van der Waals surface area contributed by atoms with Crippen LogP contribution in [0.1, 0.15) is 37.7 Å². The molecule has 5 heteroatoms. The Labute approximate surface area is 190 Å². The molecule has 0 aliphatic carbocycles. The zero-order chi connectivity index (χ0) is 22.6. The van der Waals surface area contributed by atoms with Gasteiger partial charge in [-0.15, -0.1) is 13.2 Å². The van der Waals surface area contributed by atoms with Gasteiger partial charge >= 0.3 is 0 Å². The molecule has 1 unspecified atom stereocenters. The van der Waals surface area contributed by atoms with Crippen molar-refractivity contribution in [3.8, 4) is 0 Å². The van der Waals surface area contributed by atoms with Crippen molar-refractivity contribution >= 4 is 22.6 Å². The van der Waals surface area contributed by atoms with E-state index in [1.807, 2.05) is 29.2 Å². The number of hydrogen-bond donors (Lipinski definition) is 1. The van der Waals surface area contributed by atoms with Gasteiger partial charge in [-0.25, -0.2) is 0 Å². The number of amides is 2. The molecular formula is C27H33N3O2. The highest BCUT2D eigenvalue weighted by atomic mass is 16.2. The zero-order valence-corrected chi connectivity index (χ0v) is 18.8. The highest BCUT2D eigenvalue weighted by Crippen LogP contribution is 2.37. The van der Waals surface area contributed by atoms with Crippen LogP contribution in [0.3, 0.4) is 0 Å². The van der Waals surface area contributed by atoms with E-state index in [1.165, 1.54) is 16.3 Å². The fourth-order valence-electron chi connectivity index (χ4n) is 5.47. The number of rotatable bonds is 8. The van der Waals surface area contributed by atoms with Crippen molar-refractivity contribution in [2.24, 2.45) is 0 Å². The van der Waals surface area contributed by atoms with E-state index in [2.05, 4.69) is 53.7 Å². The summed E-state index contributed by atoms with van der Waals surface area (Å²) in [7, 11) is 0. The molecule has 2 saturated heterocycles. The van der Waals surface area contributed by atoms with Crippen LogP contribution < -0.4 is 5.32 Å². The van der Waals surface area contributed by atoms with Gasteiger partial charge < -0.3 is 10.2 Å². The Balaban J connectivity index is 1.55. The average molecular weight is 432 g/mol. The maximum Gasteiger partial charge on any atom is 0.237 e. The van der Waals surface area contributed by atoms with Gasteiger partial charge in [-0.1, -0.05) is 54.6 Å². The van der Waals surface area contributed by atoms with Crippen molar-refractivity contribution in [1.82, 2.24) is 15.1 Å². The van der Waals surface area contributed by atoms with E-state index in [-0.39, 0.29) is 23.8 Å². The molecule has 32 heavy (non-hydrogen) atoms. The second-order valence-electron chi connectivity index (χ2n) is 8.98. The Morgan fingerprint density at radius 2 is 1.84 bits per heavy atom. The molecule has 2 fully saturated rings. The summed E-state index contributed by atoms with van der Waals surface area (Å²) >= 11 is 0. The van der Waals surface area contributed by atoms with Crippen molar-refractivity contribution < 1.29 is 9.59 Å². The maximum absolute atomic E-state index is 13.5. The molecule has 4 rings (SSSR count). The van der Waals surface area contributed by atoms with Crippen molar-refractivity contribution in [2.45, 2.75) is 50.2 Å². The van der Waals surface area contributed by atoms with E-state index >= 15 is 0 Å². The minimum Gasteiger partial charge on any atom is -0.353 e. The van der Waals surface area contributed by atoms with Gasteiger partial charge in [0.15, 0.2) is 0 Å². The number of benzene rings is 2. The third-order valence-electron chi connectivity index (χ3n) is 7.01. The summed E-state index contributed by atoms with van der Waals surface area (Å²) in [5.74, 6) is -0.00163. The van der Waals surface area contributed by atoms with Crippen LogP contribution in [0.25, 0.3) is 10.8 Å². The van der Waals surface area contributed by atoms with E-state index in [1.54, 1.807) is 0 Å². The van der Waals surface area contributed by atoms with Gasteiger partial charge in [-0.3, -0.25) is 14.5 Å². The van der Waals surface area contributed by atoms with Crippen LogP contribution in [0.5, 0.6) is 0 Å². The molecule has 0 spiro atoms. The lowest BCUT2D eigenvalue weighted by molar-refractivity contribution is -0.141. The van der Waals surface area contributed by atoms with Crippen LogP contribution in [0.15, 0.2) is 67.8 Å². The highest BCUT2D eigenvalue weighted by molar-refractivity contribution is 5.89. The van der Waals surface area contributed by atoms with Crippen molar-refractivity contribution in [3.05, 3.63) is 73.3 Å². The third kappa shape index (κ3) is 4.35. The van der Waals surface area contributed by atoms with Crippen LogP contribution in [0.4, 0.5) is 0 Å². The number of likely N-dealkylation sites (tertiary alicyclic amines) is 1. The molecule has 1 atom stereocenters. The van der Waals surface area contributed by atoms with Crippen molar-refractivity contribution in [1.29, 1.82) is 0 Å². The minimum absolute atomic E-state index is 0.0520. The van der Waals surface area contributed by atoms with E-state index in [4.69, 9.17) is 0 Å². The Kier molecular flexibility index (Phi) is 6.75. The van der Waals surface area contributed by atoms with Gasteiger partial charge in [0.2, 0.25) is 11.8 Å². The molecule has 2 amide bonds. The molecule has 2 aromatic carbocycles. The Hall–Kier alpha value is -2.92. The van der Waals surface area contributed by atoms with Gasteiger partial charge in [-0.05, 0) is 42.0 Å². The quantitative estimate of drug-likeness (QED) is 0.642. The summed E-state index contributed by atoms with van der Waals surface area (Å²) in [5.41, 5.74) is 0.940. The van der Waals surface area contributed by atoms with Gasteiger partial charge in [0.25, 0.3) is 0 Å². The standard InChI is InChI=1S/C27H33N3O2/c1-3-13-27(14-4-2)15-8-17-30(27)25(31)19-24-26(32)28-16-18-29(24)20-22-11-7-10-21-9-5-6-12-23(21)22/h3-7,9-12,24H,1-2,8,13-20H2,(H,28,32). The number of hydrogen-bond acceptors (Lipinski definition) is 3. The average Bonchev–Trinajstić information content (AvgIpc) is 3.20. The molecule has 168 valence electrons. The second kappa shape index (κ2) is 9.70. The number of nitrogens with zero attached hydrogens (tertiary/aromatic N) is 2. The fourth-order valence-corrected chi connectivity index (χ4v) is 5.47. The van der Waals surface area contributed by atoms with Gasteiger partial charge in [-0.2, -0.15) is 0 Å². The first-order chi connectivity index (χ1) is 15.6. The van der Waals surface area contributed by atoms with Crippen LogP contribution >= 0.6 is 0 Å². The molecule has 2 aliphatic rings. The maximum atomic E-state index is 13.5. The van der Waals surface area contributed by atoms with Crippen LogP contribution in [0, 0.1) is 0 Å². The molecular weight excluding hydrogens is 398 g/mol. The predicted octanol–water partition coefficient (Wildman–Crippen LogP) is 4.04. The first kappa shape index (κ1) is 22.3. The summed E-state index contributed by atoms with van der Waals surface area (Å²) in [5, 5.41) is 5.35. The topological polar surface area (TPSA) is 52.7 Å². The first-order valence-corrected chi connectivity index (χ1v) is 11.6. The molecule has 0 aromatic heterocycles. The summed E-state index contributed by atoms with van der Waals surface area (Å²) in [6.45, 7) is 10.5. The highest BCUT2D eigenvalue weighted by Gasteiger charge is 2.43. The minimum atomic E-state index is -0.457. The Bertz CT molecular complexity index is 1000. The smallest absolute Gasteiger partial charge is 0.237 e. The Morgan fingerprint density at radius 3 is 2.62 bits per heavy atom. The lowest BCUT2D eigenvalue weighted by Crippen LogP contribution is -2.57. The fraction of sp³-hybridized carbons (Fsp3) is 0.407. The monoisotopic (exact) mass is 431 g/mol. The first-order valence-electron chi connectivity index (χ1n) is 11.6. The van der Waals surface area contributed by atoms with Crippen LogP contribution in [-0.4, -0.2) is 52.8 Å². The van der Waals surface area contributed by atoms with Gasteiger partial charge in [0, 0.05) is 31.7 Å². The van der Waals surface area contributed by atoms with Gasteiger partial charge in [0.1, 0.15) is 0 Å². The number of nitrogens with one attached hydrogen (secondary N) is 1. The molecule has 0 saturated carbocycles. The van der Waals surface area contributed by atoms with E-state index in [9.17, 15) is 9.59 Å². The Morgan fingerprint density at radius 1 is 1.09 bits per heavy atom. The van der Waals surface area contributed by atoms with Crippen molar-refractivity contribution in [3.63, 3.8) is 0 Å². The molecule has 0 bridgehead atoms. The summed E-state index contributed by atoms with van der Waals surface area (Å²) in [6, 6.07) is 14.1. The third-order valence-corrected chi connectivity index (χ3v) is 7.01. The van der Waals surface area contributed by atoms with E-state index in [0.29, 0.717) is 13.1 Å². The zero-order valence-electron chi connectivity index (χ0n) is 18.8. The molecule has 2 aliphatic heterocycles. The van der Waals surface area contributed by atoms with Crippen molar-refractivity contribution in [2.75, 3.05) is 19.6 Å². The molecule has 0 radical (unpaired) electrons. The summed E-state index contributed by atoms with van der Waals surface area (Å²) in [6.07, 6.45) is 7.43. The van der Waals surface area contributed by atoms with Crippen LogP contribution in [-0.2, 0) is 16.1 Å². The van der Waals surface area contributed by atoms with E-state index < -0.39 is 6.04 Å². The molecule has 1 N–H and O–H groups in total. The van der Waals surface area contributed by atoms with Crippen LogP contribution in [0.2, 0.25) is 0 Å². The molecule has 2 heterocycles. The lowest BCUT2D eigenvalue weighted by Gasteiger charge is -2.40. The number of fused-ring (bicyclic) bond motifs is 1.